The number of aromatic nitrogens is 5. The van der Waals surface area contributed by atoms with E-state index in [2.05, 4.69) is 30.8 Å². The highest BCUT2D eigenvalue weighted by Gasteiger charge is 2.39. The van der Waals surface area contributed by atoms with Crippen LogP contribution in [0.3, 0.4) is 0 Å². The Morgan fingerprint density at radius 3 is 2.58 bits per heavy atom. The van der Waals surface area contributed by atoms with E-state index in [1.807, 2.05) is 0 Å². The van der Waals surface area contributed by atoms with E-state index in [1.165, 1.54) is 23.5 Å². The first kappa shape index (κ1) is 22.3. The van der Waals surface area contributed by atoms with E-state index < -0.39 is 29.2 Å². The van der Waals surface area contributed by atoms with Gasteiger partial charge in [-0.25, -0.2) is 9.37 Å². The van der Waals surface area contributed by atoms with Gasteiger partial charge in [-0.05, 0) is 43.3 Å². The average molecular weight is 459 g/mol. The molecular formula is C21H20F3N7O2. The molecule has 1 unspecified atom stereocenters. The molecule has 3 heterocycles. The van der Waals surface area contributed by atoms with Gasteiger partial charge in [-0.1, -0.05) is 0 Å². The topological polar surface area (TPSA) is 120 Å². The van der Waals surface area contributed by atoms with Gasteiger partial charge in [0.25, 0.3) is 0 Å². The van der Waals surface area contributed by atoms with Gasteiger partial charge >= 0.3 is 5.92 Å². The molecule has 4 N–H and O–H groups in total. The van der Waals surface area contributed by atoms with Gasteiger partial charge in [0.05, 0.1) is 5.69 Å². The highest BCUT2D eigenvalue weighted by Crippen LogP contribution is 2.35. The van der Waals surface area contributed by atoms with E-state index in [0.29, 0.717) is 5.82 Å². The lowest BCUT2D eigenvalue weighted by atomic mass is 10.1. The van der Waals surface area contributed by atoms with Gasteiger partial charge in [-0.2, -0.15) is 18.9 Å². The number of H-pyrrole nitrogens is 1. The summed E-state index contributed by atoms with van der Waals surface area (Å²) >= 11 is 0. The second-order valence-electron chi connectivity index (χ2n) is 7.42. The molecule has 0 spiro atoms. The monoisotopic (exact) mass is 459 g/mol. The van der Waals surface area contributed by atoms with Gasteiger partial charge in [0.1, 0.15) is 17.6 Å². The number of aromatic amines is 1. The van der Waals surface area contributed by atoms with Crippen LogP contribution in [0.2, 0.25) is 0 Å². The maximum atomic E-state index is 15.2. The minimum absolute atomic E-state index is 0.0772. The van der Waals surface area contributed by atoms with Gasteiger partial charge in [0, 0.05) is 30.8 Å². The SMILES string of the molecule is CC(=O)NCC(O)c1ccc2nc(C(F)(F)c3ccc(F)cc3)nc(Nc3cc(C)[nH]n3)n12. The van der Waals surface area contributed by atoms with Crippen LogP contribution in [0, 0.1) is 12.7 Å². The van der Waals surface area contributed by atoms with Crippen molar-refractivity contribution in [1.29, 1.82) is 0 Å². The number of fused-ring (bicyclic) bond motifs is 1. The van der Waals surface area contributed by atoms with E-state index in [0.717, 1.165) is 30.0 Å². The lowest BCUT2D eigenvalue weighted by Gasteiger charge is -2.19. The number of amides is 1. The summed E-state index contributed by atoms with van der Waals surface area (Å²) in [4.78, 5) is 19.2. The number of nitrogens with one attached hydrogen (secondary N) is 3. The normalized spacial score (nSPS) is 12.7. The van der Waals surface area contributed by atoms with Crippen molar-refractivity contribution in [3.8, 4) is 0 Å². The number of carbonyl (C=O) groups is 1. The number of carbonyl (C=O) groups excluding carboxylic acids is 1. The third-order valence-corrected chi connectivity index (χ3v) is 4.85. The molecule has 4 rings (SSSR count). The molecule has 0 fully saturated rings. The third kappa shape index (κ3) is 4.51. The van der Waals surface area contributed by atoms with Crippen molar-refractivity contribution >= 4 is 23.3 Å². The number of hydrogen-bond donors (Lipinski definition) is 4. The molecule has 0 aliphatic rings. The predicted octanol–water partition coefficient (Wildman–Crippen LogP) is 2.95. The van der Waals surface area contributed by atoms with Crippen LogP contribution in [0.15, 0.2) is 42.5 Å². The van der Waals surface area contributed by atoms with E-state index in [1.54, 1.807) is 13.0 Å². The third-order valence-electron chi connectivity index (χ3n) is 4.85. The van der Waals surface area contributed by atoms with Crippen molar-refractivity contribution in [3.05, 3.63) is 71.1 Å². The smallest absolute Gasteiger partial charge is 0.331 e. The zero-order valence-electron chi connectivity index (χ0n) is 17.6. The fraction of sp³-hybridized carbons (Fsp3) is 0.238. The molecule has 0 saturated heterocycles. The first-order valence-electron chi connectivity index (χ1n) is 9.90. The molecule has 9 nitrogen and oxygen atoms in total. The van der Waals surface area contributed by atoms with Gasteiger partial charge in [-0.15, -0.1) is 0 Å². The maximum absolute atomic E-state index is 15.2. The Morgan fingerprint density at radius 2 is 1.94 bits per heavy atom. The number of anilines is 2. The molecule has 1 aromatic carbocycles. The van der Waals surface area contributed by atoms with Gasteiger partial charge in [0.15, 0.2) is 5.82 Å². The molecule has 1 amide bonds. The molecule has 3 aromatic heterocycles. The summed E-state index contributed by atoms with van der Waals surface area (Å²) in [5, 5.41) is 22.7. The molecule has 0 radical (unpaired) electrons. The number of nitrogens with zero attached hydrogens (tertiary/aromatic N) is 4. The summed E-state index contributed by atoms with van der Waals surface area (Å²) in [6.07, 6.45) is -1.16. The number of halogens is 3. The summed E-state index contributed by atoms with van der Waals surface area (Å²) in [5.74, 6) is -5.21. The predicted molar refractivity (Wildman–Crippen MR) is 113 cm³/mol. The molecule has 172 valence electrons. The number of aryl methyl sites for hydroxylation is 1. The van der Waals surface area contributed by atoms with Crippen LogP contribution in [0.25, 0.3) is 5.65 Å². The summed E-state index contributed by atoms with van der Waals surface area (Å²) < 4.78 is 45.1. The molecule has 0 aliphatic carbocycles. The number of benzene rings is 1. The van der Waals surface area contributed by atoms with Crippen LogP contribution in [0.4, 0.5) is 24.9 Å². The van der Waals surface area contributed by atoms with Crippen LogP contribution < -0.4 is 10.6 Å². The molecular weight excluding hydrogens is 439 g/mol. The minimum atomic E-state index is -3.63. The molecule has 0 bridgehead atoms. The van der Waals surface area contributed by atoms with Crippen molar-refractivity contribution in [2.75, 3.05) is 11.9 Å². The lowest BCUT2D eigenvalue weighted by molar-refractivity contribution is -0.119. The van der Waals surface area contributed by atoms with Crippen molar-refractivity contribution in [1.82, 2.24) is 29.9 Å². The van der Waals surface area contributed by atoms with Crippen LogP contribution in [0.1, 0.15) is 35.8 Å². The number of rotatable bonds is 7. The summed E-state index contributed by atoms with van der Waals surface area (Å²) in [6.45, 7) is 2.97. The standard InChI is InChI=1S/C21H20F3N7O2/c1-11-9-17(30-29-11)26-20-28-19(21(23,24)13-3-5-14(22)6-4-13)27-18-8-7-15(31(18)20)16(33)10-25-12(2)32/h3-9,16,33H,10H2,1-2H3,(H,25,32)(H2,26,27,28,29,30). The fourth-order valence-electron chi connectivity index (χ4n) is 3.26. The van der Waals surface area contributed by atoms with Crippen LogP contribution in [-0.4, -0.2) is 42.1 Å². The van der Waals surface area contributed by atoms with Crippen molar-refractivity contribution in [2.24, 2.45) is 0 Å². The molecule has 1 atom stereocenters. The highest BCUT2D eigenvalue weighted by molar-refractivity contribution is 5.72. The largest absolute Gasteiger partial charge is 0.385 e. The van der Waals surface area contributed by atoms with Gasteiger partial charge in [0.2, 0.25) is 17.7 Å². The van der Waals surface area contributed by atoms with Gasteiger partial charge in [-0.3, -0.25) is 14.3 Å². The Labute approximate surface area is 185 Å². The Kier molecular flexibility index (Phi) is 5.77. The van der Waals surface area contributed by atoms with Crippen LogP contribution in [-0.2, 0) is 10.7 Å². The lowest BCUT2D eigenvalue weighted by Crippen LogP contribution is -2.27. The summed E-state index contributed by atoms with van der Waals surface area (Å²) in [5.41, 5.74) is 0.587. The Balaban J connectivity index is 1.83. The number of aliphatic hydroxyl groups excluding tert-OH is 1. The molecule has 12 heteroatoms. The molecule has 33 heavy (non-hydrogen) atoms. The Morgan fingerprint density at radius 1 is 1.21 bits per heavy atom. The Bertz CT molecular complexity index is 1300. The Hall–Kier alpha value is -3.93. The van der Waals surface area contributed by atoms with E-state index in [-0.39, 0.29) is 29.7 Å². The molecule has 4 aromatic rings. The van der Waals surface area contributed by atoms with E-state index in [4.69, 9.17) is 0 Å². The summed E-state index contributed by atoms with van der Waals surface area (Å²) in [6, 6.07) is 8.38. The summed E-state index contributed by atoms with van der Waals surface area (Å²) in [7, 11) is 0. The second kappa shape index (κ2) is 8.54. The molecule has 0 saturated carbocycles. The maximum Gasteiger partial charge on any atom is 0.331 e. The van der Waals surface area contributed by atoms with Crippen molar-refractivity contribution < 1.29 is 23.1 Å². The average Bonchev–Trinajstić information content (AvgIpc) is 3.38. The van der Waals surface area contributed by atoms with E-state index in [9.17, 15) is 14.3 Å². The number of aliphatic hydroxyl groups is 1. The first-order valence-corrected chi connectivity index (χ1v) is 9.90. The fourth-order valence-corrected chi connectivity index (χ4v) is 3.26. The van der Waals surface area contributed by atoms with Crippen molar-refractivity contribution in [2.45, 2.75) is 25.9 Å². The first-order chi connectivity index (χ1) is 15.6. The molecule has 0 aliphatic heterocycles. The zero-order valence-corrected chi connectivity index (χ0v) is 17.6. The second-order valence-corrected chi connectivity index (χ2v) is 7.42. The highest BCUT2D eigenvalue weighted by atomic mass is 19.3. The number of alkyl halides is 2. The van der Waals surface area contributed by atoms with Crippen LogP contribution >= 0.6 is 0 Å². The quantitative estimate of drug-likeness (QED) is 0.337. The van der Waals surface area contributed by atoms with Gasteiger partial charge < -0.3 is 15.7 Å². The van der Waals surface area contributed by atoms with Crippen LogP contribution in [0.5, 0.6) is 0 Å². The number of hydrogen-bond acceptors (Lipinski definition) is 6. The zero-order chi connectivity index (χ0) is 23.8. The van der Waals surface area contributed by atoms with E-state index >= 15 is 8.78 Å². The van der Waals surface area contributed by atoms with Crippen molar-refractivity contribution in [3.63, 3.8) is 0 Å². The minimum Gasteiger partial charge on any atom is -0.385 e.